The molecule has 1 aromatic heterocycles. The normalized spacial score (nSPS) is 12.1. The first kappa shape index (κ1) is 26.7. The van der Waals surface area contributed by atoms with Gasteiger partial charge in [-0.1, -0.05) is 127 Å². The van der Waals surface area contributed by atoms with Crippen LogP contribution in [0.5, 0.6) is 23.0 Å². The summed E-state index contributed by atoms with van der Waals surface area (Å²) in [4.78, 5) is 5.10. The minimum Gasteiger partial charge on any atom is -0.449 e. The Labute approximate surface area is 277 Å². The fraction of sp³-hybridized carbons (Fsp3) is 0. The summed E-state index contributed by atoms with van der Waals surface area (Å²) in [6, 6.07) is 55.3. The van der Waals surface area contributed by atoms with Crippen LogP contribution in [0.4, 0.5) is 0 Å². The number of ether oxygens (including phenoxy) is 2. The molecule has 0 radical (unpaired) electrons. The fourth-order valence-electron chi connectivity index (χ4n) is 7.36. The molecule has 0 saturated heterocycles. The molecule has 0 saturated carbocycles. The highest BCUT2D eigenvalue weighted by Crippen LogP contribution is 2.51. The molecule has 1 aliphatic rings. The topological polar surface area (TPSA) is 31.4 Å². The summed E-state index contributed by atoms with van der Waals surface area (Å²) in [7, 11) is 0. The molecule has 8 aromatic carbocycles. The van der Waals surface area contributed by atoms with Crippen molar-refractivity contribution in [3.8, 4) is 56.5 Å². The van der Waals surface area contributed by atoms with Crippen LogP contribution in [0.15, 0.2) is 164 Å². The van der Waals surface area contributed by atoms with Gasteiger partial charge < -0.3 is 9.47 Å². The van der Waals surface area contributed by atoms with E-state index in [2.05, 4.69) is 127 Å². The van der Waals surface area contributed by atoms with Gasteiger partial charge in [-0.25, -0.2) is 0 Å². The quantitative estimate of drug-likeness (QED) is 0.186. The molecule has 10 rings (SSSR count). The SMILES string of the molecule is c1ccc2c(c1)Oc1cc(-c3ccc(-c4c5ccccc5c(-c5ccc6ccccc6c5)c5ccccc45)cn3)c3ccccc3c1O2. The third kappa shape index (κ3) is 4.11. The van der Waals surface area contributed by atoms with Crippen molar-refractivity contribution in [3.05, 3.63) is 164 Å². The summed E-state index contributed by atoms with van der Waals surface area (Å²) in [5.74, 6) is 2.85. The number of hydrogen-bond acceptors (Lipinski definition) is 3. The van der Waals surface area contributed by atoms with Crippen molar-refractivity contribution in [2.24, 2.45) is 0 Å². The molecule has 1 aliphatic heterocycles. The third-order valence-corrected chi connectivity index (χ3v) is 9.54. The molecule has 0 aliphatic carbocycles. The van der Waals surface area contributed by atoms with E-state index >= 15 is 0 Å². The summed E-state index contributed by atoms with van der Waals surface area (Å²) in [5, 5.41) is 9.40. The van der Waals surface area contributed by atoms with Gasteiger partial charge in [-0.3, -0.25) is 4.98 Å². The standard InChI is InChI=1S/C45H27NO2/c1-2-12-29-25-30(22-21-28(29)11-1)43-33-14-4-6-16-35(33)44(36-17-7-5-15-34(36)43)31-23-24-39(46-27-31)38-26-42-45(37-18-8-3-13-32(37)38)48-41-20-10-9-19-40(41)47-42/h1-27H. The Kier molecular flexibility index (Phi) is 5.87. The van der Waals surface area contributed by atoms with Crippen LogP contribution in [-0.4, -0.2) is 4.98 Å². The molecule has 0 bridgehead atoms. The van der Waals surface area contributed by atoms with Gasteiger partial charge in [0.2, 0.25) is 0 Å². The smallest absolute Gasteiger partial charge is 0.178 e. The molecule has 0 spiro atoms. The number of nitrogens with zero attached hydrogens (tertiary/aromatic N) is 1. The predicted octanol–water partition coefficient (Wildman–Crippen LogP) is 12.6. The molecule has 0 atom stereocenters. The summed E-state index contributed by atoms with van der Waals surface area (Å²) in [5.41, 5.74) is 6.61. The number of hydrogen-bond donors (Lipinski definition) is 0. The molecule has 48 heavy (non-hydrogen) atoms. The van der Waals surface area contributed by atoms with Crippen LogP contribution < -0.4 is 9.47 Å². The van der Waals surface area contributed by atoms with Crippen molar-refractivity contribution in [2.45, 2.75) is 0 Å². The van der Waals surface area contributed by atoms with E-state index in [1.165, 1.54) is 49.0 Å². The average molecular weight is 614 g/mol. The molecule has 3 nitrogen and oxygen atoms in total. The lowest BCUT2D eigenvalue weighted by atomic mass is 9.86. The van der Waals surface area contributed by atoms with E-state index in [0.717, 1.165) is 39.1 Å². The van der Waals surface area contributed by atoms with Gasteiger partial charge in [0.15, 0.2) is 23.0 Å². The second kappa shape index (κ2) is 10.5. The molecule has 224 valence electrons. The lowest BCUT2D eigenvalue weighted by molar-refractivity contribution is 0.363. The van der Waals surface area contributed by atoms with Gasteiger partial charge in [-0.15, -0.1) is 0 Å². The molecule has 0 unspecified atom stereocenters. The van der Waals surface area contributed by atoms with Gasteiger partial charge in [0.25, 0.3) is 0 Å². The van der Waals surface area contributed by atoms with Gasteiger partial charge in [-0.05, 0) is 84.7 Å². The highest BCUT2D eigenvalue weighted by molar-refractivity contribution is 6.21. The second-order valence-electron chi connectivity index (χ2n) is 12.3. The number of benzene rings is 8. The third-order valence-electron chi connectivity index (χ3n) is 9.54. The van der Waals surface area contributed by atoms with Crippen molar-refractivity contribution in [1.29, 1.82) is 0 Å². The molecular formula is C45H27NO2. The van der Waals surface area contributed by atoms with E-state index in [0.29, 0.717) is 11.5 Å². The van der Waals surface area contributed by atoms with Crippen LogP contribution in [0, 0.1) is 0 Å². The lowest BCUT2D eigenvalue weighted by Crippen LogP contribution is -2.00. The Balaban J connectivity index is 1.14. The van der Waals surface area contributed by atoms with E-state index in [9.17, 15) is 0 Å². The minimum absolute atomic E-state index is 0.689. The van der Waals surface area contributed by atoms with Crippen LogP contribution >= 0.6 is 0 Å². The molecule has 9 aromatic rings. The maximum atomic E-state index is 6.36. The van der Waals surface area contributed by atoms with Crippen LogP contribution in [0.3, 0.4) is 0 Å². The van der Waals surface area contributed by atoms with E-state index in [4.69, 9.17) is 14.5 Å². The van der Waals surface area contributed by atoms with Crippen molar-refractivity contribution < 1.29 is 9.47 Å². The van der Waals surface area contributed by atoms with E-state index in [1.54, 1.807) is 0 Å². The summed E-state index contributed by atoms with van der Waals surface area (Å²) in [6.07, 6.45) is 2.01. The van der Waals surface area contributed by atoms with Crippen LogP contribution in [0.1, 0.15) is 0 Å². The maximum Gasteiger partial charge on any atom is 0.178 e. The van der Waals surface area contributed by atoms with Crippen molar-refractivity contribution in [1.82, 2.24) is 4.98 Å². The van der Waals surface area contributed by atoms with Crippen LogP contribution in [-0.2, 0) is 0 Å². The van der Waals surface area contributed by atoms with Crippen molar-refractivity contribution in [2.75, 3.05) is 0 Å². The number of para-hydroxylation sites is 2. The van der Waals surface area contributed by atoms with Gasteiger partial charge in [-0.2, -0.15) is 0 Å². The van der Waals surface area contributed by atoms with Gasteiger partial charge in [0.1, 0.15) is 0 Å². The van der Waals surface area contributed by atoms with E-state index < -0.39 is 0 Å². The number of aromatic nitrogens is 1. The molecule has 0 N–H and O–H groups in total. The Morgan fingerprint density at radius 1 is 0.375 bits per heavy atom. The van der Waals surface area contributed by atoms with Crippen molar-refractivity contribution in [3.63, 3.8) is 0 Å². The van der Waals surface area contributed by atoms with Gasteiger partial charge >= 0.3 is 0 Å². The predicted molar refractivity (Wildman–Crippen MR) is 197 cm³/mol. The Hall–Kier alpha value is -6.45. The van der Waals surface area contributed by atoms with E-state index in [1.807, 2.05) is 36.5 Å². The second-order valence-corrected chi connectivity index (χ2v) is 12.3. The Bertz CT molecular complexity index is 2670. The number of fused-ring (bicyclic) bond motifs is 7. The first-order chi connectivity index (χ1) is 23.8. The molecule has 0 amide bonds. The number of pyridine rings is 1. The first-order valence-corrected chi connectivity index (χ1v) is 16.2. The zero-order valence-electron chi connectivity index (χ0n) is 25.9. The molecule has 2 heterocycles. The van der Waals surface area contributed by atoms with Crippen LogP contribution in [0.25, 0.3) is 76.6 Å². The van der Waals surface area contributed by atoms with Gasteiger partial charge in [0.05, 0.1) is 5.69 Å². The average Bonchev–Trinajstić information content (AvgIpc) is 3.16. The summed E-state index contributed by atoms with van der Waals surface area (Å²) >= 11 is 0. The first-order valence-electron chi connectivity index (χ1n) is 16.2. The molecule has 3 heteroatoms. The van der Waals surface area contributed by atoms with Gasteiger partial charge in [0, 0.05) is 22.7 Å². The minimum atomic E-state index is 0.689. The van der Waals surface area contributed by atoms with Crippen LogP contribution in [0.2, 0.25) is 0 Å². The molecule has 0 fully saturated rings. The fourth-order valence-corrected chi connectivity index (χ4v) is 7.36. The summed E-state index contributed by atoms with van der Waals surface area (Å²) < 4.78 is 12.7. The Morgan fingerprint density at radius 3 is 1.58 bits per heavy atom. The summed E-state index contributed by atoms with van der Waals surface area (Å²) in [6.45, 7) is 0. The highest BCUT2D eigenvalue weighted by Gasteiger charge is 2.24. The Morgan fingerprint density at radius 2 is 0.917 bits per heavy atom. The number of rotatable bonds is 3. The maximum absolute atomic E-state index is 6.36. The monoisotopic (exact) mass is 613 g/mol. The zero-order valence-corrected chi connectivity index (χ0v) is 25.9. The zero-order chi connectivity index (χ0) is 31.6. The van der Waals surface area contributed by atoms with Crippen molar-refractivity contribution >= 4 is 43.1 Å². The van der Waals surface area contributed by atoms with E-state index in [-0.39, 0.29) is 0 Å². The lowest BCUT2D eigenvalue weighted by Gasteiger charge is -2.23. The largest absolute Gasteiger partial charge is 0.449 e. The highest BCUT2D eigenvalue weighted by atomic mass is 16.6. The molecular weight excluding hydrogens is 587 g/mol.